The summed E-state index contributed by atoms with van der Waals surface area (Å²) >= 11 is 7.23. The van der Waals surface area contributed by atoms with Crippen LogP contribution in [0, 0.1) is 10.1 Å². The number of amides is 1. The van der Waals surface area contributed by atoms with Gasteiger partial charge in [-0.15, -0.1) is 0 Å². The summed E-state index contributed by atoms with van der Waals surface area (Å²) in [6, 6.07) is 11.6. The maximum atomic E-state index is 12.5. The van der Waals surface area contributed by atoms with E-state index in [0.717, 1.165) is 10.2 Å². The van der Waals surface area contributed by atoms with E-state index in [4.69, 9.17) is 11.6 Å². The average Bonchev–Trinajstić information content (AvgIpc) is 2.91. The van der Waals surface area contributed by atoms with Crippen molar-refractivity contribution in [3.8, 4) is 0 Å². The first-order chi connectivity index (χ1) is 11.5. The van der Waals surface area contributed by atoms with Crippen LogP contribution in [0.2, 0.25) is 5.02 Å². The van der Waals surface area contributed by atoms with E-state index in [9.17, 15) is 14.9 Å². The number of carbonyl (C=O) groups is 1. The lowest BCUT2D eigenvalue weighted by atomic mass is 10.2. The molecular weight excluding hydrogens is 350 g/mol. The van der Waals surface area contributed by atoms with E-state index in [1.165, 1.54) is 29.5 Å². The molecule has 0 unspecified atom stereocenters. The number of hydrogen-bond acceptors (Lipinski definition) is 4. The number of aromatic nitrogens is 1. The van der Waals surface area contributed by atoms with E-state index in [-0.39, 0.29) is 16.3 Å². The minimum atomic E-state index is -0.682. The van der Waals surface area contributed by atoms with Gasteiger partial charge in [0.25, 0.3) is 11.6 Å². The Labute approximate surface area is 145 Å². The Morgan fingerprint density at radius 1 is 1.33 bits per heavy atom. The lowest BCUT2D eigenvalue weighted by Crippen LogP contribution is -2.16. The minimum absolute atomic E-state index is 0.118. The maximum absolute atomic E-state index is 12.5. The van der Waals surface area contributed by atoms with Crippen LogP contribution in [-0.2, 0) is 6.54 Å². The SMILES string of the molecule is CCn1c(=NC(=O)c2cc(Cl)ccc2[N+](=O)[O-])sc2ccccc21. The highest BCUT2D eigenvalue weighted by Gasteiger charge is 2.20. The van der Waals surface area contributed by atoms with Crippen molar-refractivity contribution in [3.63, 3.8) is 0 Å². The summed E-state index contributed by atoms with van der Waals surface area (Å²) in [6.45, 7) is 2.58. The van der Waals surface area contributed by atoms with Crippen LogP contribution in [0.4, 0.5) is 5.69 Å². The monoisotopic (exact) mass is 361 g/mol. The molecule has 122 valence electrons. The Bertz CT molecular complexity index is 1020. The number of fused-ring (bicyclic) bond motifs is 1. The van der Waals surface area contributed by atoms with Crippen LogP contribution in [-0.4, -0.2) is 15.4 Å². The molecule has 0 aliphatic carbocycles. The lowest BCUT2D eigenvalue weighted by molar-refractivity contribution is -0.385. The Morgan fingerprint density at radius 3 is 2.79 bits per heavy atom. The molecule has 24 heavy (non-hydrogen) atoms. The number of hydrogen-bond donors (Lipinski definition) is 0. The van der Waals surface area contributed by atoms with Gasteiger partial charge in [0.05, 0.1) is 15.1 Å². The Morgan fingerprint density at radius 2 is 2.08 bits per heavy atom. The van der Waals surface area contributed by atoms with Gasteiger partial charge < -0.3 is 4.57 Å². The molecule has 1 heterocycles. The molecule has 6 nitrogen and oxygen atoms in total. The van der Waals surface area contributed by atoms with Crippen LogP contribution in [0.1, 0.15) is 17.3 Å². The average molecular weight is 362 g/mol. The fourth-order valence-corrected chi connectivity index (χ4v) is 3.66. The molecule has 3 aromatic rings. The molecule has 0 fully saturated rings. The highest BCUT2D eigenvalue weighted by atomic mass is 35.5. The van der Waals surface area contributed by atoms with Crippen molar-refractivity contribution in [2.45, 2.75) is 13.5 Å². The molecule has 1 amide bonds. The molecule has 2 aromatic carbocycles. The predicted octanol–water partition coefficient (Wildman–Crippen LogP) is 4.03. The predicted molar refractivity (Wildman–Crippen MR) is 93.5 cm³/mol. The van der Waals surface area contributed by atoms with Gasteiger partial charge in [0.1, 0.15) is 5.56 Å². The standard InChI is InChI=1S/C16H12ClN3O3S/c1-2-19-13-5-3-4-6-14(13)24-16(19)18-15(21)11-9-10(17)7-8-12(11)20(22)23/h3-9H,2H2,1H3. The van der Waals surface area contributed by atoms with Crippen LogP contribution >= 0.6 is 22.9 Å². The molecule has 0 radical (unpaired) electrons. The largest absolute Gasteiger partial charge is 0.317 e. The van der Waals surface area contributed by atoms with Gasteiger partial charge in [-0.2, -0.15) is 4.99 Å². The second-order valence-electron chi connectivity index (χ2n) is 4.93. The highest BCUT2D eigenvalue weighted by molar-refractivity contribution is 7.16. The molecule has 8 heteroatoms. The third-order valence-electron chi connectivity index (χ3n) is 3.49. The molecule has 0 saturated heterocycles. The Balaban J connectivity index is 2.18. The van der Waals surface area contributed by atoms with E-state index < -0.39 is 10.8 Å². The third kappa shape index (κ3) is 2.95. The molecule has 0 aliphatic heterocycles. The number of aryl methyl sites for hydroxylation is 1. The topological polar surface area (TPSA) is 77.5 Å². The molecule has 0 atom stereocenters. The molecule has 0 saturated carbocycles. The van der Waals surface area contributed by atoms with E-state index in [1.807, 2.05) is 35.8 Å². The molecule has 0 aliphatic rings. The fourth-order valence-electron chi connectivity index (χ4n) is 2.40. The van der Waals surface area contributed by atoms with Crippen LogP contribution in [0.3, 0.4) is 0 Å². The normalized spacial score (nSPS) is 11.8. The number of carbonyl (C=O) groups excluding carboxylic acids is 1. The number of halogens is 1. The van der Waals surface area contributed by atoms with Gasteiger partial charge in [0.2, 0.25) is 0 Å². The van der Waals surface area contributed by atoms with Gasteiger partial charge >= 0.3 is 0 Å². The van der Waals surface area contributed by atoms with Crippen LogP contribution < -0.4 is 4.80 Å². The number of thiazole rings is 1. The zero-order valence-corrected chi connectivity index (χ0v) is 14.2. The van der Waals surface area contributed by atoms with Crippen LogP contribution in [0.5, 0.6) is 0 Å². The number of para-hydroxylation sites is 1. The van der Waals surface area contributed by atoms with E-state index in [2.05, 4.69) is 4.99 Å². The van der Waals surface area contributed by atoms with Gasteiger partial charge in [-0.3, -0.25) is 14.9 Å². The molecule has 3 rings (SSSR count). The Hall–Kier alpha value is -2.51. The zero-order valence-electron chi connectivity index (χ0n) is 12.6. The highest BCUT2D eigenvalue weighted by Crippen LogP contribution is 2.23. The summed E-state index contributed by atoms with van der Waals surface area (Å²) in [5.74, 6) is -0.682. The summed E-state index contributed by atoms with van der Waals surface area (Å²) in [7, 11) is 0. The number of nitrogens with zero attached hydrogens (tertiary/aromatic N) is 3. The van der Waals surface area contributed by atoms with Crippen molar-refractivity contribution in [3.05, 3.63) is 68.0 Å². The Kier molecular flexibility index (Phi) is 4.46. The van der Waals surface area contributed by atoms with Crippen molar-refractivity contribution in [2.24, 2.45) is 4.99 Å². The summed E-state index contributed by atoms with van der Waals surface area (Å²) in [5, 5.41) is 11.4. The van der Waals surface area contributed by atoms with Gasteiger partial charge in [-0.05, 0) is 31.2 Å². The molecule has 1 aromatic heterocycles. The quantitative estimate of drug-likeness (QED) is 0.522. The van der Waals surface area contributed by atoms with Crippen LogP contribution in [0.25, 0.3) is 10.2 Å². The van der Waals surface area contributed by atoms with E-state index in [0.29, 0.717) is 11.3 Å². The summed E-state index contributed by atoms with van der Waals surface area (Å²) in [4.78, 5) is 27.6. The fraction of sp³-hybridized carbons (Fsp3) is 0.125. The van der Waals surface area contributed by atoms with Gasteiger partial charge in [-0.25, -0.2) is 0 Å². The maximum Gasteiger partial charge on any atom is 0.286 e. The van der Waals surface area contributed by atoms with E-state index >= 15 is 0 Å². The lowest BCUT2D eigenvalue weighted by Gasteiger charge is -2.01. The first-order valence-electron chi connectivity index (χ1n) is 7.12. The smallest absolute Gasteiger partial charge is 0.286 e. The van der Waals surface area contributed by atoms with Gasteiger partial charge in [-0.1, -0.05) is 35.1 Å². The summed E-state index contributed by atoms with van der Waals surface area (Å²) < 4.78 is 2.89. The van der Waals surface area contributed by atoms with E-state index in [1.54, 1.807) is 0 Å². The molecular formula is C16H12ClN3O3S. The van der Waals surface area contributed by atoms with Crippen molar-refractivity contribution in [1.82, 2.24) is 4.57 Å². The number of nitro groups is 1. The van der Waals surface area contributed by atoms with Crippen LogP contribution in [0.15, 0.2) is 47.5 Å². The van der Waals surface area contributed by atoms with Crippen molar-refractivity contribution < 1.29 is 9.72 Å². The molecule has 0 bridgehead atoms. The number of benzene rings is 2. The zero-order chi connectivity index (χ0) is 17.3. The van der Waals surface area contributed by atoms with Gasteiger partial charge in [0.15, 0.2) is 4.80 Å². The minimum Gasteiger partial charge on any atom is -0.317 e. The molecule has 0 N–H and O–H groups in total. The van der Waals surface area contributed by atoms with Gasteiger partial charge in [0, 0.05) is 17.6 Å². The second-order valence-corrected chi connectivity index (χ2v) is 6.38. The second kappa shape index (κ2) is 6.54. The number of rotatable bonds is 3. The number of nitro benzene ring substituents is 1. The molecule has 0 spiro atoms. The summed E-state index contributed by atoms with van der Waals surface area (Å²) in [6.07, 6.45) is 0. The van der Waals surface area contributed by atoms with Crippen molar-refractivity contribution in [1.29, 1.82) is 0 Å². The third-order valence-corrected chi connectivity index (χ3v) is 4.78. The van der Waals surface area contributed by atoms with Crippen molar-refractivity contribution in [2.75, 3.05) is 0 Å². The first-order valence-corrected chi connectivity index (χ1v) is 8.32. The summed E-state index contributed by atoms with van der Waals surface area (Å²) in [5.41, 5.74) is 0.544. The van der Waals surface area contributed by atoms with Crippen molar-refractivity contribution >= 4 is 44.7 Å². The first kappa shape index (κ1) is 16.4.